The molecule has 1 aliphatic heterocycles. The number of rotatable bonds is 7. The van der Waals surface area contributed by atoms with E-state index in [9.17, 15) is 4.79 Å². The predicted molar refractivity (Wildman–Crippen MR) is 105 cm³/mol. The zero-order valence-corrected chi connectivity index (χ0v) is 16.5. The number of carbonyl (C=O) groups excluding carboxylic acids is 1. The SMILES string of the molecule is Cc1ccc(NC(=O)COCc2ncnn2C)cc1N1CCC(N(C)C)C1. The van der Waals surface area contributed by atoms with E-state index in [1.54, 1.807) is 11.7 Å². The van der Waals surface area contributed by atoms with Gasteiger partial charge in [0.2, 0.25) is 5.91 Å². The van der Waals surface area contributed by atoms with Crippen LogP contribution in [0.2, 0.25) is 0 Å². The van der Waals surface area contributed by atoms with Gasteiger partial charge in [-0.1, -0.05) is 6.07 Å². The summed E-state index contributed by atoms with van der Waals surface area (Å²) in [6.45, 7) is 4.37. The molecule has 0 aliphatic carbocycles. The van der Waals surface area contributed by atoms with Gasteiger partial charge in [0.05, 0.1) is 0 Å². The van der Waals surface area contributed by atoms with Crippen LogP contribution in [0.25, 0.3) is 0 Å². The molecule has 2 heterocycles. The van der Waals surface area contributed by atoms with Crippen LogP contribution >= 0.6 is 0 Å². The molecule has 1 fully saturated rings. The molecule has 1 aromatic heterocycles. The van der Waals surface area contributed by atoms with Gasteiger partial charge >= 0.3 is 0 Å². The first-order chi connectivity index (χ1) is 12.9. The Kier molecular flexibility index (Phi) is 6.08. The minimum Gasteiger partial charge on any atom is -0.370 e. The monoisotopic (exact) mass is 372 g/mol. The molecule has 1 atom stereocenters. The van der Waals surface area contributed by atoms with E-state index >= 15 is 0 Å². The van der Waals surface area contributed by atoms with Crippen molar-refractivity contribution in [1.29, 1.82) is 0 Å². The fourth-order valence-electron chi connectivity index (χ4n) is 3.29. The second-order valence-electron chi connectivity index (χ2n) is 7.19. The molecular formula is C19H28N6O2. The van der Waals surface area contributed by atoms with Crippen LogP contribution in [0.15, 0.2) is 24.5 Å². The highest BCUT2D eigenvalue weighted by molar-refractivity contribution is 5.92. The van der Waals surface area contributed by atoms with Crippen LogP contribution < -0.4 is 10.2 Å². The number of nitrogens with zero attached hydrogens (tertiary/aromatic N) is 5. The van der Waals surface area contributed by atoms with Gasteiger partial charge in [-0.05, 0) is 45.1 Å². The highest BCUT2D eigenvalue weighted by Crippen LogP contribution is 2.28. The van der Waals surface area contributed by atoms with Crippen molar-refractivity contribution in [1.82, 2.24) is 19.7 Å². The summed E-state index contributed by atoms with van der Waals surface area (Å²) in [5.74, 6) is 0.504. The second-order valence-corrected chi connectivity index (χ2v) is 7.19. The first-order valence-corrected chi connectivity index (χ1v) is 9.16. The zero-order valence-electron chi connectivity index (χ0n) is 16.5. The van der Waals surface area contributed by atoms with E-state index in [-0.39, 0.29) is 19.1 Å². The van der Waals surface area contributed by atoms with Gasteiger partial charge < -0.3 is 19.9 Å². The number of ether oxygens (including phenoxy) is 1. The van der Waals surface area contributed by atoms with Gasteiger partial charge in [0, 0.05) is 37.6 Å². The van der Waals surface area contributed by atoms with E-state index < -0.39 is 0 Å². The minimum absolute atomic E-state index is 0.0253. The largest absolute Gasteiger partial charge is 0.370 e. The number of aromatic nitrogens is 3. The molecule has 1 aliphatic rings. The molecule has 0 saturated carbocycles. The number of benzene rings is 1. The average molecular weight is 372 g/mol. The molecule has 27 heavy (non-hydrogen) atoms. The van der Waals surface area contributed by atoms with E-state index in [1.165, 1.54) is 17.6 Å². The Morgan fingerprint density at radius 1 is 1.41 bits per heavy atom. The van der Waals surface area contributed by atoms with E-state index in [0.717, 1.165) is 25.2 Å². The van der Waals surface area contributed by atoms with E-state index in [0.29, 0.717) is 11.9 Å². The third-order valence-corrected chi connectivity index (χ3v) is 5.00. The van der Waals surface area contributed by atoms with Gasteiger partial charge in [0.25, 0.3) is 0 Å². The van der Waals surface area contributed by atoms with Crippen LogP contribution in [-0.4, -0.2) is 65.4 Å². The number of aryl methyl sites for hydroxylation is 2. The summed E-state index contributed by atoms with van der Waals surface area (Å²) in [4.78, 5) is 20.9. The van der Waals surface area contributed by atoms with E-state index in [2.05, 4.69) is 46.2 Å². The normalized spacial score (nSPS) is 16.9. The van der Waals surface area contributed by atoms with Crippen molar-refractivity contribution in [2.45, 2.75) is 26.0 Å². The number of hydrogen-bond acceptors (Lipinski definition) is 6. The topological polar surface area (TPSA) is 75.5 Å². The van der Waals surface area contributed by atoms with E-state index in [1.807, 2.05) is 18.2 Å². The molecular weight excluding hydrogens is 344 g/mol. The summed E-state index contributed by atoms with van der Waals surface area (Å²) in [6, 6.07) is 6.60. The summed E-state index contributed by atoms with van der Waals surface area (Å²) < 4.78 is 7.06. The summed E-state index contributed by atoms with van der Waals surface area (Å²) in [7, 11) is 6.04. The number of amides is 1. The first kappa shape index (κ1) is 19.3. The Hall–Kier alpha value is -2.45. The highest BCUT2D eigenvalue weighted by Gasteiger charge is 2.25. The Bertz CT molecular complexity index is 788. The maximum absolute atomic E-state index is 12.2. The van der Waals surface area contributed by atoms with Gasteiger partial charge in [-0.2, -0.15) is 5.10 Å². The molecule has 2 aromatic rings. The number of likely N-dealkylation sites (N-methyl/N-ethyl adjacent to an activating group) is 1. The summed E-state index contributed by atoms with van der Waals surface area (Å²) in [6.07, 6.45) is 2.62. The van der Waals surface area contributed by atoms with Crippen molar-refractivity contribution < 1.29 is 9.53 Å². The summed E-state index contributed by atoms with van der Waals surface area (Å²) >= 11 is 0. The Morgan fingerprint density at radius 3 is 2.89 bits per heavy atom. The fourth-order valence-corrected chi connectivity index (χ4v) is 3.29. The van der Waals surface area contributed by atoms with E-state index in [4.69, 9.17) is 4.74 Å². The van der Waals surface area contributed by atoms with Crippen LogP contribution in [0.5, 0.6) is 0 Å². The number of carbonyl (C=O) groups is 1. The number of anilines is 2. The smallest absolute Gasteiger partial charge is 0.250 e. The van der Waals surface area contributed by atoms with Crippen LogP contribution in [0.3, 0.4) is 0 Å². The van der Waals surface area contributed by atoms with Crippen molar-refractivity contribution in [3.63, 3.8) is 0 Å². The average Bonchev–Trinajstić information content (AvgIpc) is 3.26. The molecule has 0 spiro atoms. The zero-order chi connectivity index (χ0) is 19.4. The van der Waals surface area contributed by atoms with Gasteiger partial charge in [0.15, 0.2) is 5.82 Å². The van der Waals surface area contributed by atoms with Gasteiger partial charge in [-0.15, -0.1) is 0 Å². The molecule has 0 radical (unpaired) electrons. The minimum atomic E-state index is -0.181. The third-order valence-electron chi connectivity index (χ3n) is 5.00. The van der Waals surface area contributed by atoms with Crippen LogP contribution in [0, 0.1) is 6.92 Å². The van der Waals surface area contributed by atoms with Crippen molar-refractivity contribution >= 4 is 17.3 Å². The fraction of sp³-hybridized carbons (Fsp3) is 0.526. The Labute approximate surface area is 160 Å². The van der Waals surface area contributed by atoms with Crippen molar-refractivity contribution in [2.24, 2.45) is 7.05 Å². The molecule has 1 saturated heterocycles. The van der Waals surface area contributed by atoms with Gasteiger partial charge in [0.1, 0.15) is 19.5 Å². The second kappa shape index (κ2) is 8.49. The van der Waals surface area contributed by atoms with Crippen LogP contribution in [0.1, 0.15) is 17.8 Å². The Morgan fingerprint density at radius 2 is 2.22 bits per heavy atom. The lowest BCUT2D eigenvalue weighted by Gasteiger charge is -2.24. The van der Waals surface area contributed by atoms with Crippen molar-refractivity contribution in [2.75, 3.05) is 44.0 Å². The van der Waals surface area contributed by atoms with Crippen molar-refractivity contribution in [3.05, 3.63) is 35.9 Å². The molecule has 3 rings (SSSR count). The third kappa shape index (κ3) is 4.84. The first-order valence-electron chi connectivity index (χ1n) is 9.16. The summed E-state index contributed by atoms with van der Waals surface area (Å²) in [5.41, 5.74) is 3.18. The molecule has 1 amide bonds. The summed E-state index contributed by atoms with van der Waals surface area (Å²) in [5, 5.41) is 6.89. The van der Waals surface area contributed by atoms with Gasteiger partial charge in [-0.25, -0.2) is 4.98 Å². The maximum Gasteiger partial charge on any atom is 0.250 e. The lowest BCUT2D eigenvalue weighted by molar-refractivity contribution is -0.121. The highest BCUT2D eigenvalue weighted by atomic mass is 16.5. The molecule has 8 nitrogen and oxygen atoms in total. The number of nitrogens with one attached hydrogen (secondary N) is 1. The quantitative estimate of drug-likeness (QED) is 0.792. The lowest BCUT2D eigenvalue weighted by Crippen LogP contribution is -2.31. The molecule has 1 unspecified atom stereocenters. The molecule has 8 heteroatoms. The molecule has 1 aromatic carbocycles. The molecule has 0 bridgehead atoms. The van der Waals surface area contributed by atoms with Crippen LogP contribution in [-0.2, 0) is 23.2 Å². The van der Waals surface area contributed by atoms with Crippen LogP contribution in [0.4, 0.5) is 11.4 Å². The maximum atomic E-state index is 12.2. The predicted octanol–water partition coefficient (Wildman–Crippen LogP) is 1.42. The van der Waals surface area contributed by atoms with Gasteiger partial charge in [-0.3, -0.25) is 9.48 Å². The molecule has 1 N–H and O–H groups in total. The lowest BCUT2D eigenvalue weighted by atomic mass is 10.1. The molecule has 146 valence electrons. The number of hydrogen-bond donors (Lipinski definition) is 1. The van der Waals surface area contributed by atoms with Crippen molar-refractivity contribution in [3.8, 4) is 0 Å². The standard InChI is InChI=1S/C19H28N6O2/c1-14-5-6-15(9-17(14)25-8-7-16(10-25)23(2)3)22-19(26)12-27-11-18-20-13-21-24(18)4/h5-6,9,13,16H,7-8,10-12H2,1-4H3,(H,22,26). The Balaban J connectivity index is 1.56.